The van der Waals surface area contributed by atoms with Crippen molar-refractivity contribution >= 4 is 39.3 Å². The van der Waals surface area contributed by atoms with Crippen molar-refractivity contribution < 1.29 is 22.7 Å². The summed E-state index contributed by atoms with van der Waals surface area (Å²) in [4.78, 5) is 28.2. The number of carbonyl (C=O) groups is 2. The minimum absolute atomic E-state index is 0.0159. The lowest BCUT2D eigenvalue weighted by molar-refractivity contribution is -0.123. The van der Waals surface area contributed by atoms with Gasteiger partial charge < -0.3 is 10.1 Å². The fourth-order valence-corrected chi connectivity index (χ4v) is 3.01. The van der Waals surface area contributed by atoms with Crippen LogP contribution in [0.3, 0.4) is 0 Å². The van der Waals surface area contributed by atoms with Crippen LogP contribution in [0.2, 0.25) is 5.02 Å². The predicted octanol–water partition coefficient (Wildman–Crippen LogP) is 2.17. The molecule has 1 heterocycles. The van der Waals surface area contributed by atoms with Crippen LogP contribution in [-0.4, -0.2) is 49.8 Å². The summed E-state index contributed by atoms with van der Waals surface area (Å²) in [5.41, 5.74) is 0.0159. The molecule has 0 aliphatic heterocycles. The van der Waals surface area contributed by atoms with Crippen molar-refractivity contribution in [1.29, 1.82) is 0 Å². The highest BCUT2D eigenvalue weighted by Crippen LogP contribution is 2.16. The second-order valence-corrected chi connectivity index (χ2v) is 8.30. The summed E-state index contributed by atoms with van der Waals surface area (Å²) in [7, 11) is -0.922. The Morgan fingerprint density at radius 3 is 2.52 bits per heavy atom. The molecule has 0 radical (unpaired) electrons. The normalized spacial score (nSPS) is 12.5. The second kappa shape index (κ2) is 8.47. The molecule has 8 nitrogen and oxygen atoms in total. The smallest absolute Gasteiger partial charge is 0.338 e. The van der Waals surface area contributed by atoms with E-state index in [0.29, 0.717) is 5.02 Å². The minimum atomic E-state index is -3.69. The van der Waals surface area contributed by atoms with Crippen molar-refractivity contribution in [2.24, 2.45) is 0 Å². The minimum Gasteiger partial charge on any atom is -0.449 e. The summed E-state index contributed by atoms with van der Waals surface area (Å²) in [6.45, 7) is 1.39. The molecule has 0 unspecified atom stereocenters. The first kappa shape index (κ1) is 20.8. The fraction of sp³-hybridized carbons (Fsp3) is 0.235. The maximum atomic E-state index is 12.3. The first-order chi connectivity index (χ1) is 12.6. The number of esters is 1. The van der Waals surface area contributed by atoms with Crippen LogP contribution in [0.25, 0.3) is 0 Å². The number of pyridine rings is 1. The molecule has 0 saturated carbocycles. The molecule has 1 N–H and O–H groups in total. The fourth-order valence-electron chi connectivity index (χ4n) is 1.95. The number of benzene rings is 1. The van der Waals surface area contributed by atoms with Crippen LogP contribution in [0.15, 0.2) is 47.5 Å². The quantitative estimate of drug-likeness (QED) is 0.730. The molecule has 2 aromatic rings. The highest BCUT2D eigenvalue weighted by Gasteiger charge is 2.22. The topological polar surface area (TPSA) is 106 Å². The molecule has 0 spiro atoms. The van der Waals surface area contributed by atoms with Crippen molar-refractivity contribution in [3.05, 3.63) is 53.2 Å². The van der Waals surface area contributed by atoms with Gasteiger partial charge in [-0.2, -0.15) is 0 Å². The summed E-state index contributed by atoms with van der Waals surface area (Å²) in [6, 6.07) is 8.46. The lowest BCUT2D eigenvalue weighted by Gasteiger charge is -2.14. The molecule has 0 aliphatic rings. The van der Waals surface area contributed by atoms with Crippen LogP contribution < -0.4 is 5.32 Å². The molecule has 144 valence electrons. The van der Waals surface area contributed by atoms with Crippen LogP contribution >= 0.6 is 11.6 Å². The van der Waals surface area contributed by atoms with Crippen molar-refractivity contribution in [3.8, 4) is 0 Å². The number of carbonyl (C=O) groups excluding carboxylic acids is 2. The zero-order chi connectivity index (χ0) is 20.2. The van der Waals surface area contributed by atoms with E-state index < -0.39 is 28.0 Å². The van der Waals surface area contributed by atoms with E-state index in [4.69, 9.17) is 16.3 Å². The van der Waals surface area contributed by atoms with Crippen LogP contribution in [0, 0.1) is 0 Å². The number of ether oxygens (including phenoxy) is 1. The second-order valence-electron chi connectivity index (χ2n) is 5.71. The van der Waals surface area contributed by atoms with Gasteiger partial charge in [0.25, 0.3) is 5.91 Å². The van der Waals surface area contributed by atoms with E-state index in [-0.39, 0.29) is 16.3 Å². The Morgan fingerprint density at radius 2 is 1.93 bits per heavy atom. The van der Waals surface area contributed by atoms with E-state index in [0.717, 1.165) is 4.31 Å². The van der Waals surface area contributed by atoms with Gasteiger partial charge in [-0.3, -0.25) is 4.79 Å². The van der Waals surface area contributed by atoms with Crippen molar-refractivity contribution in [3.63, 3.8) is 0 Å². The molecule has 0 saturated heterocycles. The molecule has 0 aliphatic carbocycles. The maximum Gasteiger partial charge on any atom is 0.338 e. The van der Waals surface area contributed by atoms with Crippen molar-refractivity contribution in [2.75, 3.05) is 19.4 Å². The van der Waals surface area contributed by atoms with Crippen LogP contribution in [0.1, 0.15) is 17.3 Å². The number of hydrogen-bond donors (Lipinski definition) is 1. The molecule has 1 amide bonds. The number of amides is 1. The summed E-state index contributed by atoms with van der Waals surface area (Å²) in [5.74, 6) is -1.15. The largest absolute Gasteiger partial charge is 0.449 e. The van der Waals surface area contributed by atoms with Gasteiger partial charge in [0.15, 0.2) is 6.10 Å². The van der Waals surface area contributed by atoms with Crippen LogP contribution in [0.4, 0.5) is 5.82 Å². The Kier molecular flexibility index (Phi) is 6.53. The molecule has 1 aromatic heterocycles. The monoisotopic (exact) mass is 411 g/mol. The standard InChI is InChI=1S/C17H18ClN3O5S/c1-11(16(22)20-15-8-7-13(18)10-19-15)26-17(23)12-5-4-6-14(9-12)27(24,25)21(2)3/h4-11H,1-3H3,(H,19,20,22)/t11-/m0/s1. The summed E-state index contributed by atoms with van der Waals surface area (Å²) < 4.78 is 30.5. The lowest BCUT2D eigenvalue weighted by Crippen LogP contribution is -2.30. The summed E-state index contributed by atoms with van der Waals surface area (Å²) in [5, 5.41) is 2.90. The van der Waals surface area contributed by atoms with E-state index in [1.807, 2.05) is 0 Å². The Balaban J connectivity index is 2.08. The van der Waals surface area contributed by atoms with Gasteiger partial charge >= 0.3 is 5.97 Å². The Labute approximate surface area is 162 Å². The summed E-state index contributed by atoms with van der Waals surface area (Å²) >= 11 is 5.72. The van der Waals surface area contributed by atoms with E-state index >= 15 is 0 Å². The molecule has 27 heavy (non-hydrogen) atoms. The zero-order valence-corrected chi connectivity index (χ0v) is 16.4. The molecule has 2 rings (SSSR count). The number of halogens is 1. The van der Waals surface area contributed by atoms with Gasteiger partial charge in [0.2, 0.25) is 10.0 Å². The summed E-state index contributed by atoms with van der Waals surface area (Å²) in [6.07, 6.45) is 0.244. The average molecular weight is 412 g/mol. The van der Waals surface area contributed by atoms with Crippen molar-refractivity contribution in [1.82, 2.24) is 9.29 Å². The number of anilines is 1. The Morgan fingerprint density at radius 1 is 1.22 bits per heavy atom. The third kappa shape index (κ3) is 5.25. The Bertz CT molecular complexity index is 945. The Hall–Kier alpha value is -2.49. The predicted molar refractivity (Wildman–Crippen MR) is 100 cm³/mol. The molecule has 10 heteroatoms. The van der Waals surface area contributed by atoms with Gasteiger partial charge in [-0.1, -0.05) is 17.7 Å². The lowest BCUT2D eigenvalue weighted by atomic mass is 10.2. The van der Waals surface area contributed by atoms with E-state index in [1.54, 1.807) is 6.07 Å². The molecule has 1 aromatic carbocycles. The van der Waals surface area contributed by atoms with E-state index in [2.05, 4.69) is 10.3 Å². The van der Waals surface area contributed by atoms with E-state index in [9.17, 15) is 18.0 Å². The van der Waals surface area contributed by atoms with Gasteiger partial charge in [-0.25, -0.2) is 22.5 Å². The van der Waals surface area contributed by atoms with Gasteiger partial charge in [0.1, 0.15) is 5.82 Å². The maximum absolute atomic E-state index is 12.3. The van der Waals surface area contributed by atoms with Gasteiger partial charge in [-0.05, 0) is 37.3 Å². The van der Waals surface area contributed by atoms with Gasteiger partial charge in [-0.15, -0.1) is 0 Å². The molecule has 0 bridgehead atoms. The molecule has 0 fully saturated rings. The first-order valence-corrected chi connectivity index (χ1v) is 9.59. The number of hydrogen-bond acceptors (Lipinski definition) is 6. The van der Waals surface area contributed by atoms with Gasteiger partial charge in [0, 0.05) is 20.3 Å². The van der Waals surface area contributed by atoms with Crippen molar-refractivity contribution in [2.45, 2.75) is 17.9 Å². The number of rotatable bonds is 6. The third-order valence-corrected chi connectivity index (χ3v) is 5.51. The zero-order valence-electron chi connectivity index (χ0n) is 14.8. The number of sulfonamides is 1. The third-order valence-electron chi connectivity index (χ3n) is 3.48. The number of nitrogens with one attached hydrogen (secondary N) is 1. The van der Waals surface area contributed by atoms with Crippen LogP contribution in [-0.2, 0) is 19.6 Å². The highest BCUT2D eigenvalue weighted by atomic mass is 35.5. The molecular formula is C17H18ClN3O5S. The number of nitrogens with zero attached hydrogens (tertiary/aromatic N) is 2. The highest BCUT2D eigenvalue weighted by molar-refractivity contribution is 7.89. The first-order valence-electron chi connectivity index (χ1n) is 7.77. The van der Waals surface area contributed by atoms with E-state index in [1.165, 1.54) is 57.5 Å². The SMILES string of the molecule is C[C@H](OC(=O)c1cccc(S(=O)(=O)N(C)C)c1)C(=O)Nc1ccc(Cl)cn1. The van der Waals surface area contributed by atoms with Gasteiger partial charge in [0.05, 0.1) is 15.5 Å². The average Bonchev–Trinajstić information content (AvgIpc) is 2.63. The molecule has 1 atom stereocenters. The number of aromatic nitrogens is 1. The van der Waals surface area contributed by atoms with Crippen LogP contribution in [0.5, 0.6) is 0 Å². The molecular weight excluding hydrogens is 394 g/mol.